The third-order valence-electron chi connectivity index (χ3n) is 4.70. The molecule has 0 saturated carbocycles. The van der Waals surface area contributed by atoms with E-state index >= 15 is 0 Å². The van der Waals surface area contributed by atoms with Crippen LogP contribution in [0, 0.1) is 0 Å². The van der Waals surface area contributed by atoms with E-state index in [2.05, 4.69) is 5.32 Å². The summed E-state index contributed by atoms with van der Waals surface area (Å²) in [6, 6.07) is 21.7. The first-order chi connectivity index (χ1) is 13.5. The molecule has 0 saturated heterocycles. The maximum Gasteiger partial charge on any atom is 0.335 e. The average molecular weight is 411 g/mol. The van der Waals surface area contributed by atoms with Crippen LogP contribution in [0.1, 0.15) is 39.1 Å². The fourth-order valence-electron chi connectivity index (χ4n) is 3.30. The third kappa shape index (κ3) is 3.75. The van der Waals surface area contributed by atoms with Crippen molar-refractivity contribution in [2.24, 2.45) is 4.99 Å². The molecule has 0 bridgehead atoms. The van der Waals surface area contributed by atoms with Gasteiger partial charge in [0.25, 0.3) is 0 Å². The Bertz CT molecular complexity index is 1050. The quantitative estimate of drug-likeness (QED) is 0.594. The van der Waals surface area contributed by atoms with Crippen molar-refractivity contribution >= 4 is 35.0 Å². The van der Waals surface area contributed by atoms with Gasteiger partial charge in [0.2, 0.25) is 0 Å². The molecule has 4 nitrogen and oxygen atoms in total. The van der Waals surface area contributed by atoms with E-state index in [1.807, 2.05) is 54.6 Å². The Morgan fingerprint density at radius 2 is 1.50 bits per heavy atom. The molecule has 2 unspecified atom stereocenters. The van der Waals surface area contributed by atoms with Crippen molar-refractivity contribution in [1.29, 1.82) is 0 Å². The van der Waals surface area contributed by atoms with E-state index in [9.17, 15) is 9.90 Å². The third-order valence-corrected chi connectivity index (χ3v) is 5.20. The number of nitrogens with one attached hydrogen (secondary N) is 1. The number of nitrogens with zero attached hydrogens (tertiary/aromatic N) is 1. The van der Waals surface area contributed by atoms with Crippen LogP contribution in [0.5, 0.6) is 0 Å². The van der Waals surface area contributed by atoms with Crippen LogP contribution in [-0.2, 0) is 0 Å². The minimum atomic E-state index is -0.969. The molecule has 3 aromatic carbocycles. The summed E-state index contributed by atoms with van der Waals surface area (Å²) in [6.45, 7) is 0. The van der Waals surface area contributed by atoms with Crippen molar-refractivity contribution in [3.63, 3.8) is 0 Å². The number of hydrogen-bond donors (Lipinski definition) is 2. The number of benzene rings is 3. The largest absolute Gasteiger partial charge is 0.478 e. The normalized spacial score (nSPS) is 18.4. The lowest BCUT2D eigenvalue weighted by Gasteiger charge is -2.20. The lowest BCUT2D eigenvalue weighted by Crippen LogP contribution is -2.25. The first-order valence-corrected chi connectivity index (χ1v) is 9.46. The molecule has 2 atom stereocenters. The molecule has 140 valence electrons. The van der Waals surface area contributed by atoms with Gasteiger partial charge >= 0.3 is 5.97 Å². The molecular formula is C22H16Cl2N2O2. The second kappa shape index (κ2) is 7.66. The predicted octanol–water partition coefficient (Wildman–Crippen LogP) is 5.52. The molecule has 1 heterocycles. The van der Waals surface area contributed by atoms with E-state index in [1.165, 1.54) is 0 Å². The van der Waals surface area contributed by atoms with Gasteiger partial charge in [-0.15, -0.1) is 0 Å². The van der Waals surface area contributed by atoms with Gasteiger partial charge in [-0.1, -0.05) is 59.6 Å². The fraction of sp³-hybridized carbons (Fsp3) is 0.0909. The number of amidine groups is 1. The molecule has 1 aliphatic rings. The monoisotopic (exact) mass is 410 g/mol. The summed E-state index contributed by atoms with van der Waals surface area (Å²) in [5, 5.41) is 14.1. The highest BCUT2D eigenvalue weighted by atomic mass is 35.5. The van der Waals surface area contributed by atoms with Gasteiger partial charge in [-0.05, 0) is 47.5 Å². The second-order valence-electron chi connectivity index (χ2n) is 6.53. The van der Waals surface area contributed by atoms with Crippen molar-refractivity contribution in [2.45, 2.75) is 12.1 Å². The summed E-state index contributed by atoms with van der Waals surface area (Å²) < 4.78 is 0. The second-order valence-corrected chi connectivity index (χ2v) is 7.41. The topological polar surface area (TPSA) is 61.7 Å². The summed E-state index contributed by atoms with van der Waals surface area (Å²) in [7, 11) is 0. The highest BCUT2D eigenvalue weighted by molar-refractivity contribution is 6.30. The molecule has 3 aromatic rings. The number of aliphatic imine (C=N–C) groups is 1. The van der Waals surface area contributed by atoms with Gasteiger partial charge in [0.1, 0.15) is 11.9 Å². The van der Waals surface area contributed by atoms with Crippen LogP contribution in [0.3, 0.4) is 0 Å². The molecule has 0 spiro atoms. The zero-order valence-corrected chi connectivity index (χ0v) is 16.2. The van der Waals surface area contributed by atoms with Crippen molar-refractivity contribution in [3.8, 4) is 0 Å². The van der Waals surface area contributed by atoms with Crippen molar-refractivity contribution < 1.29 is 9.90 Å². The Labute approximate surface area is 172 Å². The Morgan fingerprint density at radius 1 is 0.893 bits per heavy atom. The maximum absolute atomic E-state index is 11.3. The molecule has 0 aromatic heterocycles. The lowest BCUT2D eigenvalue weighted by molar-refractivity contribution is 0.0697. The van der Waals surface area contributed by atoms with Crippen LogP contribution in [0.25, 0.3) is 0 Å². The van der Waals surface area contributed by atoms with Crippen LogP contribution in [-0.4, -0.2) is 16.9 Å². The first kappa shape index (κ1) is 18.5. The van der Waals surface area contributed by atoms with Crippen LogP contribution in [0.15, 0.2) is 77.8 Å². The predicted molar refractivity (Wildman–Crippen MR) is 111 cm³/mol. The van der Waals surface area contributed by atoms with E-state index in [1.54, 1.807) is 18.2 Å². The number of rotatable bonds is 4. The highest BCUT2D eigenvalue weighted by Gasteiger charge is 2.32. The minimum Gasteiger partial charge on any atom is -0.478 e. The molecule has 0 fully saturated rings. The molecule has 6 heteroatoms. The summed E-state index contributed by atoms with van der Waals surface area (Å²) in [4.78, 5) is 16.2. The zero-order chi connectivity index (χ0) is 19.7. The number of halogens is 2. The molecule has 28 heavy (non-hydrogen) atoms. The van der Waals surface area contributed by atoms with E-state index in [0.29, 0.717) is 15.9 Å². The van der Waals surface area contributed by atoms with E-state index < -0.39 is 5.97 Å². The molecular weight excluding hydrogens is 395 g/mol. The van der Waals surface area contributed by atoms with Gasteiger partial charge in [-0.25, -0.2) is 4.79 Å². The smallest absolute Gasteiger partial charge is 0.335 e. The van der Waals surface area contributed by atoms with Crippen molar-refractivity contribution in [3.05, 3.63) is 105 Å². The Hall–Kier alpha value is -2.82. The molecule has 0 radical (unpaired) electrons. The number of aromatic carboxylic acids is 1. The summed E-state index contributed by atoms with van der Waals surface area (Å²) in [5.41, 5.74) is 3.01. The first-order valence-electron chi connectivity index (χ1n) is 8.70. The number of carbonyl (C=O) groups is 1. The molecule has 0 aliphatic carbocycles. The molecule has 1 aliphatic heterocycles. The Kier molecular flexibility index (Phi) is 5.07. The number of hydrogen-bond acceptors (Lipinski definition) is 3. The van der Waals surface area contributed by atoms with Gasteiger partial charge in [-0.3, -0.25) is 4.99 Å². The van der Waals surface area contributed by atoms with Crippen LogP contribution < -0.4 is 5.32 Å². The SMILES string of the molecule is O=C(O)c1cccc(C2=NC(c3ccc(Cl)cc3)C(c3ccc(Cl)cc3)N2)c1. The van der Waals surface area contributed by atoms with E-state index in [4.69, 9.17) is 28.2 Å². The highest BCUT2D eigenvalue weighted by Crippen LogP contribution is 2.37. The average Bonchev–Trinajstić information content (AvgIpc) is 3.14. The molecule has 0 amide bonds. The minimum absolute atomic E-state index is 0.109. The molecule has 2 N–H and O–H groups in total. The Balaban J connectivity index is 1.75. The van der Waals surface area contributed by atoms with Gasteiger partial charge in [0.05, 0.1) is 11.6 Å². The van der Waals surface area contributed by atoms with Gasteiger partial charge in [0.15, 0.2) is 0 Å². The van der Waals surface area contributed by atoms with E-state index in [-0.39, 0.29) is 17.6 Å². The lowest BCUT2D eigenvalue weighted by atomic mass is 9.95. The number of carboxylic acids is 1. The van der Waals surface area contributed by atoms with Gasteiger partial charge in [-0.2, -0.15) is 0 Å². The van der Waals surface area contributed by atoms with E-state index in [0.717, 1.165) is 16.7 Å². The van der Waals surface area contributed by atoms with Crippen LogP contribution in [0.2, 0.25) is 10.0 Å². The zero-order valence-electron chi connectivity index (χ0n) is 14.6. The van der Waals surface area contributed by atoms with Gasteiger partial charge < -0.3 is 10.4 Å². The summed E-state index contributed by atoms with van der Waals surface area (Å²) >= 11 is 12.1. The van der Waals surface area contributed by atoms with Crippen LogP contribution >= 0.6 is 23.2 Å². The van der Waals surface area contributed by atoms with Crippen LogP contribution in [0.4, 0.5) is 0 Å². The van der Waals surface area contributed by atoms with Gasteiger partial charge in [0, 0.05) is 15.6 Å². The number of carboxylic acid groups (broad SMARTS) is 1. The Morgan fingerprint density at radius 3 is 2.11 bits per heavy atom. The van der Waals surface area contributed by atoms with Crippen molar-refractivity contribution in [2.75, 3.05) is 0 Å². The molecule has 4 rings (SSSR count). The maximum atomic E-state index is 11.3. The standard InChI is InChI=1S/C22H16Cl2N2O2/c23-17-8-4-13(5-9-17)19-20(14-6-10-18(24)11-7-14)26-21(25-19)15-2-1-3-16(12-15)22(27)28/h1-12,19-20H,(H,25,26)(H,27,28). The summed E-state index contributed by atoms with van der Waals surface area (Å²) in [6.07, 6.45) is 0. The summed E-state index contributed by atoms with van der Waals surface area (Å²) in [5.74, 6) is -0.313. The fourth-order valence-corrected chi connectivity index (χ4v) is 3.55. The van der Waals surface area contributed by atoms with Crippen molar-refractivity contribution in [1.82, 2.24) is 5.32 Å².